The standard InChI is InChI=1S/C25H23ClN6O2/c26-18-7-5-17(6-8-18)25(10-11-25)24(34)29-14-20(27)15-1-3-16(4-2-15)23(33)31-21-9-12-28-22-19(21)13-30-32-22/h1-9,12-13,20H,10-11,14,27H2,(H,29,34)(H2,28,30,31,32,33). The summed E-state index contributed by atoms with van der Waals surface area (Å²) in [6.07, 6.45) is 4.84. The molecule has 2 heterocycles. The number of halogens is 1. The molecule has 5 rings (SSSR count). The van der Waals surface area contributed by atoms with Crippen LogP contribution in [0.3, 0.4) is 0 Å². The number of fused-ring (bicyclic) bond motifs is 1. The molecule has 0 radical (unpaired) electrons. The van der Waals surface area contributed by atoms with Crippen molar-refractivity contribution in [3.05, 3.63) is 88.7 Å². The van der Waals surface area contributed by atoms with E-state index in [4.69, 9.17) is 17.3 Å². The summed E-state index contributed by atoms with van der Waals surface area (Å²) in [4.78, 5) is 29.7. The van der Waals surface area contributed by atoms with E-state index in [9.17, 15) is 9.59 Å². The van der Waals surface area contributed by atoms with Crippen molar-refractivity contribution in [1.82, 2.24) is 20.5 Å². The molecule has 2 aromatic carbocycles. The van der Waals surface area contributed by atoms with Gasteiger partial charge in [-0.2, -0.15) is 5.10 Å². The Balaban J connectivity index is 1.20. The van der Waals surface area contributed by atoms with Crippen molar-refractivity contribution in [2.75, 3.05) is 11.9 Å². The number of hydrogen-bond acceptors (Lipinski definition) is 5. The molecule has 1 aliphatic carbocycles. The zero-order chi connectivity index (χ0) is 23.7. The number of hydrogen-bond donors (Lipinski definition) is 4. The zero-order valence-corrected chi connectivity index (χ0v) is 19.0. The van der Waals surface area contributed by atoms with Gasteiger partial charge in [-0.05, 0) is 54.3 Å². The van der Waals surface area contributed by atoms with Gasteiger partial charge in [0.1, 0.15) is 0 Å². The van der Waals surface area contributed by atoms with E-state index in [2.05, 4.69) is 25.8 Å². The average Bonchev–Trinajstić information content (AvgIpc) is 3.52. The fraction of sp³-hybridized carbons (Fsp3) is 0.200. The lowest BCUT2D eigenvalue weighted by molar-refractivity contribution is -0.123. The van der Waals surface area contributed by atoms with Crippen LogP contribution in [0, 0.1) is 0 Å². The minimum Gasteiger partial charge on any atom is -0.353 e. The third-order valence-corrected chi connectivity index (χ3v) is 6.52. The molecule has 1 aliphatic rings. The minimum absolute atomic E-state index is 0.0239. The number of rotatable bonds is 7. The quantitative estimate of drug-likeness (QED) is 0.325. The highest BCUT2D eigenvalue weighted by atomic mass is 35.5. The van der Waals surface area contributed by atoms with Crippen molar-refractivity contribution < 1.29 is 9.59 Å². The van der Waals surface area contributed by atoms with Crippen LogP contribution in [0.5, 0.6) is 0 Å². The molecule has 5 N–H and O–H groups in total. The number of aromatic amines is 1. The van der Waals surface area contributed by atoms with Crippen molar-refractivity contribution in [3.8, 4) is 0 Å². The number of anilines is 1. The third-order valence-electron chi connectivity index (χ3n) is 6.27. The Hall–Kier alpha value is -3.75. The Bertz CT molecular complexity index is 1350. The van der Waals surface area contributed by atoms with Gasteiger partial charge in [0, 0.05) is 29.4 Å². The van der Waals surface area contributed by atoms with Crippen LogP contribution in [0.2, 0.25) is 5.02 Å². The molecule has 0 spiro atoms. The number of carbonyl (C=O) groups excluding carboxylic acids is 2. The van der Waals surface area contributed by atoms with E-state index in [1.807, 2.05) is 12.1 Å². The fourth-order valence-electron chi connectivity index (χ4n) is 4.07. The molecule has 172 valence electrons. The summed E-state index contributed by atoms with van der Waals surface area (Å²) in [7, 11) is 0. The van der Waals surface area contributed by atoms with Crippen LogP contribution in [0.15, 0.2) is 67.0 Å². The lowest BCUT2D eigenvalue weighted by Gasteiger charge is -2.19. The highest BCUT2D eigenvalue weighted by Crippen LogP contribution is 2.48. The van der Waals surface area contributed by atoms with Crippen LogP contribution < -0.4 is 16.4 Å². The van der Waals surface area contributed by atoms with Crippen molar-refractivity contribution in [2.24, 2.45) is 5.73 Å². The van der Waals surface area contributed by atoms with Gasteiger partial charge in [0.15, 0.2) is 5.65 Å². The predicted octanol–water partition coefficient (Wildman–Crippen LogP) is 3.71. The van der Waals surface area contributed by atoms with Gasteiger partial charge < -0.3 is 16.4 Å². The summed E-state index contributed by atoms with van der Waals surface area (Å²) in [5.41, 5.74) is 9.35. The normalized spacial score (nSPS) is 15.0. The maximum Gasteiger partial charge on any atom is 0.255 e. The minimum atomic E-state index is -0.486. The van der Waals surface area contributed by atoms with E-state index in [0.717, 1.165) is 29.4 Å². The number of amides is 2. The maximum absolute atomic E-state index is 12.9. The molecule has 2 aromatic heterocycles. The molecule has 1 unspecified atom stereocenters. The Labute approximate surface area is 200 Å². The Morgan fingerprint density at radius 3 is 2.53 bits per heavy atom. The number of H-pyrrole nitrogens is 1. The third kappa shape index (κ3) is 4.25. The summed E-state index contributed by atoms with van der Waals surface area (Å²) < 4.78 is 0. The van der Waals surface area contributed by atoms with Crippen LogP contribution in [0.4, 0.5) is 5.69 Å². The number of benzene rings is 2. The van der Waals surface area contributed by atoms with E-state index in [1.54, 1.807) is 54.9 Å². The predicted molar refractivity (Wildman–Crippen MR) is 131 cm³/mol. The van der Waals surface area contributed by atoms with Crippen molar-refractivity contribution >= 4 is 40.1 Å². The molecule has 1 fully saturated rings. The molecule has 0 saturated heterocycles. The van der Waals surface area contributed by atoms with Gasteiger partial charge in [0.05, 0.1) is 22.7 Å². The maximum atomic E-state index is 12.9. The van der Waals surface area contributed by atoms with E-state index >= 15 is 0 Å². The average molecular weight is 475 g/mol. The highest BCUT2D eigenvalue weighted by molar-refractivity contribution is 6.30. The summed E-state index contributed by atoms with van der Waals surface area (Å²) in [5, 5.41) is 14.0. The van der Waals surface area contributed by atoms with Crippen LogP contribution >= 0.6 is 11.6 Å². The van der Waals surface area contributed by atoms with E-state index in [-0.39, 0.29) is 11.8 Å². The summed E-state index contributed by atoms with van der Waals surface area (Å²) in [6, 6.07) is 15.8. The first kappa shape index (κ1) is 22.1. The first-order valence-corrected chi connectivity index (χ1v) is 11.3. The van der Waals surface area contributed by atoms with Crippen molar-refractivity contribution in [2.45, 2.75) is 24.3 Å². The van der Waals surface area contributed by atoms with Gasteiger partial charge in [0.25, 0.3) is 5.91 Å². The first-order valence-electron chi connectivity index (χ1n) is 11.0. The first-order chi connectivity index (χ1) is 16.5. The van der Waals surface area contributed by atoms with Gasteiger partial charge in [-0.25, -0.2) is 4.98 Å². The number of nitrogens with one attached hydrogen (secondary N) is 3. The van der Waals surface area contributed by atoms with Gasteiger partial charge >= 0.3 is 0 Å². The smallest absolute Gasteiger partial charge is 0.255 e. The lowest BCUT2D eigenvalue weighted by Crippen LogP contribution is -2.38. The summed E-state index contributed by atoms with van der Waals surface area (Å²) in [5.74, 6) is -0.273. The number of pyridine rings is 1. The largest absolute Gasteiger partial charge is 0.353 e. The second kappa shape index (κ2) is 8.89. The van der Waals surface area contributed by atoms with Crippen LogP contribution in [0.1, 0.15) is 40.4 Å². The van der Waals surface area contributed by atoms with Crippen LogP contribution in [-0.2, 0) is 10.2 Å². The second-order valence-corrected chi connectivity index (χ2v) is 8.91. The van der Waals surface area contributed by atoms with Crippen LogP contribution in [-0.4, -0.2) is 33.5 Å². The molecule has 9 heteroatoms. The SMILES string of the molecule is NC(CNC(=O)C1(c2ccc(Cl)cc2)CC1)c1ccc(C(=O)Nc2ccnc3[nH]ncc23)cc1. The highest BCUT2D eigenvalue weighted by Gasteiger charge is 2.51. The molecule has 0 bridgehead atoms. The molecular weight excluding hydrogens is 452 g/mol. The number of carbonyl (C=O) groups is 2. The monoisotopic (exact) mass is 474 g/mol. The van der Waals surface area contributed by atoms with Gasteiger partial charge in [-0.3, -0.25) is 14.7 Å². The summed E-state index contributed by atoms with van der Waals surface area (Å²) in [6.45, 7) is 0.301. The number of nitrogens with zero attached hydrogens (tertiary/aromatic N) is 2. The topological polar surface area (TPSA) is 126 Å². The lowest BCUT2D eigenvalue weighted by atomic mass is 9.95. The Morgan fingerprint density at radius 2 is 1.82 bits per heavy atom. The van der Waals surface area contributed by atoms with Gasteiger partial charge in [-0.15, -0.1) is 0 Å². The number of nitrogens with two attached hydrogens (primary N) is 1. The molecule has 2 amide bonds. The molecule has 34 heavy (non-hydrogen) atoms. The molecular formula is C25H23ClN6O2. The zero-order valence-electron chi connectivity index (χ0n) is 18.2. The Morgan fingerprint density at radius 1 is 1.09 bits per heavy atom. The summed E-state index contributed by atoms with van der Waals surface area (Å²) >= 11 is 5.97. The molecule has 0 aliphatic heterocycles. The molecule has 1 atom stereocenters. The van der Waals surface area contributed by atoms with Gasteiger partial charge in [-0.1, -0.05) is 35.9 Å². The van der Waals surface area contributed by atoms with E-state index < -0.39 is 11.5 Å². The second-order valence-electron chi connectivity index (χ2n) is 8.47. The van der Waals surface area contributed by atoms with Crippen molar-refractivity contribution in [1.29, 1.82) is 0 Å². The van der Waals surface area contributed by atoms with E-state index in [0.29, 0.717) is 28.5 Å². The van der Waals surface area contributed by atoms with Crippen LogP contribution in [0.25, 0.3) is 11.0 Å². The van der Waals surface area contributed by atoms with Crippen molar-refractivity contribution in [3.63, 3.8) is 0 Å². The Kier molecular flexibility index (Phi) is 5.77. The molecule has 4 aromatic rings. The molecule has 8 nitrogen and oxygen atoms in total. The van der Waals surface area contributed by atoms with Gasteiger partial charge in [0.2, 0.25) is 5.91 Å². The van der Waals surface area contributed by atoms with E-state index in [1.165, 1.54) is 0 Å². The fourth-order valence-corrected chi connectivity index (χ4v) is 4.19. The molecule has 1 saturated carbocycles. The number of aromatic nitrogens is 3.